The first-order valence-corrected chi connectivity index (χ1v) is 6.84. The molecule has 4 nitrogen and oxygen atoms in total. The second kappa shape index (κ2) is 5.83. The van der Waals surface area contributed by atoms with Crippen molar-refractivity contribution in [3.05, 3.63) is 0 Å². The zero-order valence-corrected chi connectivity index (χ0v) is 10.8. The summed E-state index contributed by atoms with van der Waals surface area (Å²) in [4.78, 5) is 12.0. The highest BCUT2D eigenvalue weighted by atomic mass is 16.5. The maximum atomic E-state index is 12.0. The minimum absolute atomic E-state index is 0.0683. The van der Waals surface area contributed by atoms with Gasteiger partial charge in [-0.15, -0.1) is 0 Å². The first-order chi connectivity index (χ1) is 8.21. The summed E-state index contributed by atoms with van der Waals surface area (Å²) >= 11 is 0. The van der Waals surface area contributed by atoms with Gasteiger partial charge in [-0.25, -0.2) is 0 Å². The molecule has 98 valence electrons. The van der Waals surface area contributed by atoms with Crippen LogP contribution in [0.5, 0.6) is 0 Å². The maximum absolute atomic E-state index is 12.0. The van der Waals surface area contributed by atoms with Crippen LogP contribution in [0.1, 0.15) is 39.0 Å². The summed E-state index contributed by atoms with van der Waals surface area (Å²) in [5, 5.41) is 6.42. The monoisotopic (exact) mass is 240 g/mol. The fraction of sp³-hybridized carbons (Fsp3) is 0.923. The largest absolute Gasteiger partial charge is 0.365 e. The lowest BCUT2D eigenvalue weighted by atomic mass is 9.96. The van der Waals surface area contributed by atoms with Crippen LogP contribution in [0.4, 0.5) is 0 Å². The van der Waals surface area contributed by atoms with Crippen molar-refractivity contribution in [1.29, 1.82) is 0 Å². The molecule has 2 fully saturated rings. The van der Waals surface area contributed by atoms with Gasteiger partial charge in [0.1, 0.15) is 5.60 Å². The Balaban J connectivity index is 1.65. The van der Waals surface area contributed by atoms with Gasteiger partial charge in [0.25, 0.3) is 5.91 Å². The molecule has 0 aromatic rings. The van der Waals surface area contributed by atoms with E-state index in [1.165, 1.54) is 12.8 Å². The number of amides is 1. The van der Waals surface area contributed by atoms with Gasteiger partial charge in [-0.1, -0.05) is 0 Å². The van der Waals surface area contributed by atoms with Crippen LogP contribution in [0.3, 0.4) is 0 Å². The minimum atomic E-state index is -0.565. The average Bonchev–Trinajstić information content (AvgIpc) is 2.79. The molecule has 2 aliphatic rings. The van der Waals surface area contributed by atoms with Crippen LogP contribution in [-0.2, 0) is 9.53 Å². The summed E-state index contributed by atoms with van der Waals surface area (Å²) in [6.07, 6.45) is 5.48. The fourth-order valence-corrected chi connectivity index (χ4v) is 2.71. The van der Waals surface area contributed by atoms with Crippen molar-refractivity contribution in [2.24, 2.45) is 5.92 Å². The Morgan fingerprint density at radius 2 is 2.41 bits per heavy atom. The lowest BCUT2D eigenvalue weighted by Crippen LogP contribution is -2.45. The minimum Gasteiger partial charge on any atom is -0.365 e. The molecule has 0 aromatic carbocycles. The van der Waals surface area contributed by atoms with Gasteiger partial charge >= 0.3 is 0 Å². The predicted molar refractivity (Wildman–Crippen MR) is 66.8 cm³/mol. The summed E-state index contributed by atoms with van der Waals surface area (Å²) in [5.41, 5.74) is -0.565. The molecule has 2 heterocycles. The van der Waals surface area contributed by atoms with E-state index in [4.69, 9.17) is 4.74 Å². The van der Waals surface area contributed by atoms with Crippen molar-refractivity contribution in [2.75, 3.05) is 26.2 Å². The highest BCUT2D eigenvalue weighted by Gasteiger charge is 2.37. The first kappa shape index (κ1) is 12.8. The van der Waals surface area contributed by atoms with E-state index in [9.17, 15) is 4.79 Å². The van der Waals surface area contributed by atoms with Crippen molar-refractivity contribution >= 4 is 5.91 Å². The molecule has 2 unspecified atom stereocenters. The number of rotatable bonds is 4. The van der Waals surface area contributed by atoms with Crippen LogP contribution in [0, 0.1) is 5.92 Å². The number of carbonyl (C=O) groups excluding carboxylic acids is 1. The zero-order valence-electron chi connectivity index (χ0n) is 10.8. The SMILES string of the molecule is CC1(C(=O)NCCC2CCCNC2)CCCO1. The highest BCUT2D eigenvalue weighted by molar-refractivity contribution is 5.84. The van der Waals surface area contributed by atoms with Gasteiger partial charge in [0.05, 0.1) is 0 Å². The summed E-state index contributed by atoms with van der Waals surface area (Å²) in [6, 6.07) is 0. The quantitative estimate of drug-likeness (QED) is 0.772. The van der Waals surface area contributed by atoms with E-state index in [1.54, 1.807) is 0 Å². The number of nitrogens with one attached hydrogen (secondary N) is 2. The molecule has 0 aliphatic carbocycles. The Kier molecular flexibility index (Phi) is 4.40. The van der Waals surface area contributed by atoms with Crippen LogP contribution in [0.2, 0.25) is 0 Å². The molecule has 2 aliphatic heterocycles. The zero-order chi connectivity index (χ0) is 12.1. The smallest absolute Gasteiger partial charge is 0.251 e. The topological polar surface area (TPSA) is 50.4 Å². The third-order valence-electron chi connectivity index (χ3n) is 3.94. The van der Waals surface area contributed by atoms with Crippen LogP contribution in [0.25, 0.3) is 0 Å². The maximum Gasteiger partial charge on any atom is 0.251 e. The second-order valence-electron chi connectivity index (χ2n) is 5.44. The molecule has 0 radical (unpaired) electrons. The average molecular weight is 240 g/mol. The number of piperidine rings is 1. The fourth-order valence-electron chi connectivity index (χ4n) is 2.71. The molecular weight excluding hydrogens is 216 g/mol. The van der Waals surface area contributed by atoms with Crippen molar-refractivity contribution in [3.8, 4) is 0 Å². The Morgan fingerprint density at radius 3 is 3.06 bits per heavy atom. The first-order valence-electron chi connectivity index (χ1n) is 6.84. The summed E-state index contributed by atoms with van der Waals surface area (Å²) in [6.45, 7) is 5.65. The molecule has 4 heteroatoms. The molecular formula is C13H24N2O2. The summed E-state index contributed by atoms with van der Waals surface area (Å²) in [5.74, 6) is 0.792. The van der Waals surface area contributed by atoms with Gasteiger partial charge in [0.15, 0.2) is 0 Å². The lowest BCUT2D eigenvalue weighted by Gasteiger charge is -2.25. The van der Waals surface area contributed by atoms with E-state index in [0.717, 1.165) is 51.4 Å². The van der Waals surface area contributed by atoms with Crippen LogP contribution >= 0.6 is 0 Å². The van der Waals surface area contributed by atoms with E-state index in [-0.39, 0.29) is 5.91 Å². The molecule has 2 saturated heterocycles. The third kappa shape index (κ3) is 3.42. The Morgan fingerprint density at radius 1 is 1.53 bits per heavy atom. The number of hydrogen-bond acceptors (Lipinski definition) is 3. The molecule has 0 aromatic heterocycles. The van der Waals surface area contributed by atoms with Crippen LogP contribution in [0.15, 0.2) is 0 Å². The van der Waals surface area contributed by atoms with Crippen molar-refractivity contribution in [2.45, 2.75) is 44.6 Å². The molecule has 0 bridgehead atoms. The molecule has 1 amide bonds. The normalized spacial score (nSPS) is 33.6. The van der Waals surface area contributed by atoms with Crippen molar-refractivity contribution < 1.29 is 9.53 Å². The van der Waals surface area contributed by atoms with Gasteiger partial charge in [-0.3, -0.25) is 4.79 Å². The molecule has 0 spiro atoms. The number of hydrogen-bond donors (Lipinski definition) is 2. The van der Waals surface area contributed by atoms with E-state index in [2.05, 4.69) is 10.6 Å². The van der Waals surface area contributed by atoms with Gasteiger partial charge in [-0.05, 0) is 58.0 Å². The number of ether oxygens (including phenoxy) is 1. The third-order valence-corrected chi connectivity index (χ3v) is 3.94. The highest BCUT2D eigenvalue weighted by Crippen LogP contribution is 2.25. The Hall–Kier alpha value is -0.610. The summed E-state index contributed by atoms with van der Waals surface area (Å²) in [7, 11) is 0. The van der Waals surface area contributed by atoms with E-state index in [1.807, 2.05) is 6.92 Å². The van der Waals surface area contributed by atoms with Gasteiger partial charge in [0, 0.05) is 13.2 Å². The lowest BCUT2D eigenvalue weighted by molar-refractivity contribution is -0.139. The van der Waals surface area contributed by atoms with Gasteiger partial charge in [0.2, 0.25) is 0 Å². The van der Waals surface area contributed by atoms with Crippen LogP contribution < -0.4 is 10.6 Å². The molecule has 2 rings (SSSR count). The van der Waals surface area contributed by atoms with Gasteiger partial charge in [-0.2, -0.15) is 0 Å². The van der Waals surface area contributed by atoms with E-state index >= 15 is 0 Å². The Labute approximate surface area is 103 Å². The van der Waals surface area contributed by atoms with E-state index in [0.29, 0.717) is 0 Å². The molecule has 2 atom stereocenters. The van der Waals surface area contributed by atoms with Crippen LogP contribution in [-0.4, -0.2) is 37.7 Å². The van der Waals surface area contributed by atoms with Gasteiger partial charge < -0.3 is 15.4 Å². The summed E-state index contributed by atoms with van der Waals surface area (Å²) < 4.78 is 5.52. The predicted octanol–water partition coefficient (Wildman–Crippen LogP) is 1.06. The Bertz CT molecular complexity index is 256. The standard InChI is InChI=1S/C13H24N2O2/c1-13(6-3-9-17-13)12(16)15-8-5-11-4-2-7-14-10-11/h11,14H,2-10H2,1H3,(H,15,16). The molecule has 2 N–H and O–H groups in total. The molecule has 0 saturated carbocycles. The molecule has 17 heavy (non-hydrogen) atoms. The van der Waals surface area contributed by atoms with Crippen molar-refractivity contribution in [1.82, 2.24) is 10.6 Å². The van der Waals surface area contributed by atoms with Crippen molar-refractivity contribution in [3.63, 3.8) is 0 Å². The second-order valence-corrected chi connectivity index (χ2v) is 5.44. The number of carbonyl (C=O) groups is 1. The van der Waals surface area contributed by atoms with E-state index < -0.39 is 5.60 Å².